The normalized spacial score (nSPS) is 10.5. The molecule has 5 nitrogen and oxygen atoms in total. The van der Waals surface area contributed by atoms with Crippen LogP contribution in [0.5, 0.6) is 0 Å². The first kappa shape index (κ1) is 18.7. The molecule has 7 heteroatoms. The highest BCUT2D eigenvalue weighted by Gasteiger charge is 2.21. The molecule has 2 aromatic rings. The van der Waals surface area contributed by atoms with Crippen LogP contribution in [0.25, 0.3) is 6.08 Å². The molecule has 0 spiro atoms. The summed E-state index contributed by atoms with van der Waals surface area (Å²) in [5.74, 6) is -0.912. The van der Waals surface area contributed by atoms with E-state index in [4.69, 9.17) is 16.3 Å². The van der Waals surface area contributed by atoms with Gasteiger partial charge in [-0.1, -0.05) is 23.7 Å². The predicted octanol–water partition coefficient (Wildman–Crippen LogP) is 4.41. The van der Waals surface area contributed by atoms with E-state index < -0.39 is 11.9 Å². The molecule has 0 bridgehead atoms. The molecule has 0 aliphatic heterocycles. The van der Waals surface area contributed by atoms with Crippen molar-refractivity contribution in [1.82, 2.24) is 0 Å². The molecule has 0 aliphatic rings. The van der Waals surface area contributed by atoms with Gasteiger partial charge in [0.25, 0.3) is 0 Å². The number of nitrogens with zero attached hydrogens (tertiary/aromatic N) is 1. The van der Waals surface area contributed by atoms with Crippen molar-refractivity contribution < 1.29 is 14.3 Å². The number of ether oxygens (including phenoxy) is 1. The van der Waals surface area contributed by atoms with Crippen molar-refractivity contribution in [2.75, 3.05) is 11.9 Å². The summed E-state index contributed by atoms with van der Waals surface area (Å²) in [5.41, 5.74) is 1.54. The average Bonchev–Trinajstić information content (AvgIpc) is 2.89. The molecule has 1 aromatic heterocycles. The van der Waals surface area contributed by atoms with Crippen molar-refractivity contribution in [3.05, 3.63) is 56.9 Å². The van der Waals surface area contributed by atoms with Gasteiger partial charge in [0.05, 0.1) is 12.2 Å². The molecule has 0 fully saturated rings. The highest BCUT2D eigenvalue weighted by Crippen LogP contribution is 2.33. The number of hydrogen-bond acceptors (Lipinski definition) is 5. The van der Waals surface area contributed by atoms with Crippen LogP contribution >= 0.6 is 22.9 Å². The van der Waals surface area contributed by atoms with E-state index in [1.165, 1.54) is 6.08 Å². The molecular formula is C18H15ClN2O3S. The Morgan fingerprint density at radius 2 is 2.20 bits per heavy atom. The number of amides is 1. The molecule has 1 heterocycles. The van der Waals surface area contributed by atoms with Crippen molar-refractivity contribution in [2.45, 2.75) is 13.8 Å². The van der Waals surface area contributed by atoms with E-state index in [0.717, 1.165) is 16.9 Å². The number of esters is 1. The minimum absolute atomic E-state index is 0.238. The third kappa shape index (κ3) is 4.69. The molecule has 1 N–H and O–H groups in total. The third-order valence-corrected chi connectivity index (χ3v) is 4.65. The number of hydrogen-bond donors (Lipinski definition) is 1. The van der Waals surface area contributed by atoms with Crippen LogP contribution < -0.4 is 5.32 Å². The van der Waals surface area contributed by atoms with Crippen LogP contribution in [0.4, 0.5) is 5.00 Å². The third-order valence-electron chi connectivity index (χ3n) is 3.23. The maximum absolute atomic E-state index is 12.1. The smallest absolute Gasteiger partial charge is 0.348 e. The lowest BCUT2D eigenvalue weighted by atomic mass is 10.1. The lowest BCUT2D eigenvalue weighted by molar-refractivity contribution is -0.111. The number of benzene rings is 1. The van der Waals surface area contributed by atoms with E-state index in [0.29, 0.717) is 20.5 Å². The highest BCUT2D eigenvalue weighted by atomic mass is 35.5. The topological polar surface area (TPSA) is 79.2 Å². The second kappa shape index (κ2) is 8.47. The zero-order chi connectivity index (χ0) is 18.4. The van der Waals surface area contributed by atoms with Gasteiger partial charge in [0.15, 0.2) is 0 Å². The number of anilines is 1. The van der Waals surface area contributed by atoms with Crippen LogP contribution in [0.2, 0.25) is 5.02 Å². The van der Waals surface area contributed by atoms with Crippen molar-refractivity contribution >= 4 is 45.9 Å². The lowest BCUT2D eigenvalue weighted by Crippen LogP contribution is -2.07. The summed E-state index contributed by atoms with van der Waals surface area (Å²) in [6, 6.07) is 9.07. The fourth-order valence-electron chi connectivity index (χ4n) is 2.06. The fourth-order valence-corrected chi connectivity index (χ4v) is 3.32. The molecule has 2 rings (SSSR count). The number of nitrogens with one attached hydrogen (secondary N) is 1. The van der Waals surface area contributed by atoms with E-state index in [1.807, 2.05) is 12.1 Å². The van der Waals surface area contributed by atoms with Gasteiger partial charge in [-0.15, -0.1) is 11.3 Å². The Morgan fingerprint density at radius 3 is 2.84 bits per heavy atom. The molecule has 0 aliphatic carbocycles. The van der Waals surface area contributed by atoms with Crippen molar-refractivity contribution in [3.8, 4) is 6.07 Å². The van der Waals surface area contributed by atoms with Crippen LogP contribution in [0.1, 0.15) is 33.3 Å². The van der Waals surface area contributed by atoms with Gasteiger partial charge in [-0.3, -0.25) is 4.79 Å². The van der Waals surface area contributed by atoms with Gasteiger partial charge >= 0.3 is 5.97 Å². The summed E-state index contributed by atoms with van der Waals surface area (Å²) in [6.07, 6.45) is 2.95. The highest BCUT2D eigenvalue weighted by molar-refractivity contribution is 7.18. The van der Waals surface area contributed by atoms with E-state index in [9.17, 15) is 14.9 Å². The zero-order valence-corrected chi connectivity index (χ0v) is 15.2. The van der Waals surface area contributed by atoms with Gasteiger partial charge in [0.1, 0.15) is 15.9 Å². The Labute approximate surface area is 154 Å². The Hall–Kier alpha value is -2.62. The summed E-state index contributed by atoms with van der Waals surface area (Å²) in [7, 11) is 0. The quantitative estimate of drug-likeness (QED) is 0.621. The molecular weight excluding hydrogens is 360 g/mol. The summed E-state index contributed by atoms with van der Waals surface area (Å²) >= 11 is 6.92. The molecule has 0 saturated carbocycles. The number of carbonyl (C=O) groups is 2. The second-order valence-electron chi connectivity index (χ2n) is 4.97. The van der Waals surface area contributed by atoms with Gasteiger partial charge in [0.2, 0.25) is 5.91 Å². The summed E-state index contributed by atoms with van der Waals surface area (Å²) in [4.78, 5) is 24.3. The molecule has 0 radical (unpaired) electrons. The second-order valence-corrected chi connectivity index (χ2v) is 6.43. The fraction of sp³-hybridized carbons (Fsp3) is 0.167. The Balaban J connectivity index is 2.19. The molecule has 0 atom stereocenters. The van der Waals surface area contributed by atoms with Crippen LogP contribution in [0.3, 0.4) is 0 Å². The number of nitriles is 1. The van der Waals surface area contributed by atoms with E-state index in [1.54, 1.807) is 38.1 Å². The number of halogens is 1. The predicted molar refractivity (Wildman–Crippen MR) is 98.8 cm³/mol. The minimum Gasteiger partial charge on any atom is -0.462 e. The monoisotopic (exact) mass is 374 g/mol. The Bertz CT molecular complexity index is 881. The summed E-state index contributed by atoms with van der Waals surface area (Å²) in [5, 5.41) is 12.8. The van der Waals surface area contributed by atoms with Gasteiger partial charge < -0.3 is 10.1 Å². The van der Waals surface area contributed by atoms with E-state index in [2.05, 4.69) is 5.32 Å². The lowest BCUT2D eigenvalue weighted by Gasteiger charge is -1.99. The zero-order valence-electron chi connectivity index (χ0n) is 13.6. The maximum atomic E-state index is 12.1. The molecule has 128 valence electrons. The summed E-state index contributed by atoms with van der Waals surface area (Å²) in [6.45, 7) is 3.59. The minimum atomic E-state index is -0.503. The molecule has 0 saturated heterocycles. The van der Waals surface area contributed by atoms with Gasteiger partial charge in [-0.05, 0) is 43.2 Å². The van der Waals surface area contributed by atoms with E-state index >= 15 is 0 Å². The molecule has 25 heavy (non-hydrogen) atoms. The SMILES string of the molecule is CCOC(=O)c1sc(NC(=O)C=Cc2cccc(Cl)c2)c(C#N)c1C. The van der Waals surface area contributed by atoms with Crippen LogP contribution in [-0.2, 0) is 9.53 Å². The Morgan fingerprint density at radius 1 is 1.44 bits per heavy atom. The molecule has 1 amide bonds. The van der Waals surface area contributed by atoms with Crippen molar-refractivity contribution in [3.63, 3.8) is 0 Å². The number of carbonyl (C=O) groups excluding carboxylic acids is 2. The van der Waals surface area contributed by atoms with Gasteiger partial charge in [-0.2, -0.15) is 5.26 Å². The summed E-state index contributed by atoms with van der Waals surface area (Å²) < 4.78 is 4.97. The van der Waals surface area contributed by atoms with Crippen molar-refractivity contribution in [2.24, 2.45) is 0 Å². The largest absolute Gasteiger partial charge is 0.462 e. The first-order valence-corrected chi connectivity index (χ1v) is 8.61. The van der Waals surface area contributed by atoms with Crippen molar-refractivity contribution in [1.29, 1.82) is 5.26 Å². The number of rotatable bonds is 5. The van der Waals surface area contributed by atoms with Crippen LogP contribution in [0.15, 0.2) is 30.3 Å². The average molecular weight is 375 g/mol. The standard InChI is InChI=1S/C18H15ClN2O3S/c1-3-24-18(23)16-11(2)14(10-20)17(25-16)21-15(22)8-7-12-5-4-6-13(19)9-12/h4-9H,3H2,1-2H3,(H,21,22). The van der Waals surface area contributed by atoms with Gasteiger partial charge in [-0.25, -0.2) is 4.79 Å². The number of thiophene rings is 1. The Kier molecular flexibility index (Phi) is 6.34. The molecule has 0 unspecified atom stereocenters. The maximum Gasteiger partial charge on any atom is 0.348 e. The first-order valence-electron chi connectivity index (χ1n) is 7.41. The van der Waals surface area contributed by atoms with Gasteiger partial charge in [0, 0.05) is 11.1 Å². The van der Waals surface area contributed by atoms with E-state index in [-0.39, 0.29) is 12.2 Å². The first-order chi connectivity index (χ1) is 12.0. The molecule has 1 aromatic carbocycles. The van der Waals surface area contributed by atoms with Crippen LogP contribution in [0, 0.1) is 18.3 Å². The van der Waals surface area contributed by atoms with Crippen LogP contribution in [-0.4, -0.2) is 18.5 Å².